The summed E-state index contributed by atoms with van der Waals surface area (Å²) in [5, 5.41) is 2.60. The minimum absolute atomic E-state index is 0.0813. The van der Waals surface area contributed by atoms with Gasteiger partial charge in [0.1, 0.15) is 4.90 Å². The van der Waals surface area contributed by atoms with E-state index in [0.29, 0.717) is 6.54 Å². The second kappa shape index (κ2) is 5.41. The smallest absolute Gasteiger partial charge is 0.287 e. The molecule has 1 rings (SSSR count). The van der Waals surface area contributed by atoms with Crippen molar-refractivity contribution in [1.29, 1.82) is 0 Å². The molecule has 0 saturated carbocycles. The summed E-state index contributed by atoms with van der Waals surface area (Å²) in [6.45, 7) is 4.35. The number of hydrogen-bond donors (Lipinski definition) is 1. The molecule has 1 amide bonds. The zero-order valence-electron chi connectivity index (χ0n) is 9.16. The first-order valence-electron chi connectivity index (χ1n) is 4.74. The molecular weight excluding hydrogens is 334 g/mol. The Balaban J connectivity index is 2.91. The average Bonchev–Trinajstić information content (AvgIpc) is 2.56. The van der Waals surface area contributed by atoms with Crippen LogP contribution < -0.4 is 5.32 Å². The largest absolute Gasteiger partial charge is 0.443 e. The van der Waals surface area contributed by atoms with Crippen molar-refractivity contribution in [2.45, 2.75) is 18.7 Å². The molecule has 1 aromatic heterocycles. The van der Waals surface area contributed by atoms with Crippen molar-refractivity contribution in [3.05, 3.63) is 16.5 Å². The molecule has 0 aliphatic carbocycles. The van der Waals surface area contributed by atoms with E-state index in [-0.39, 0.29) is 21.2 Å². The third-order valence-corrected chi connectivity index (χ3v) is 3.99. The first kappa shape index (κ1) is 14.5. The van der Waals surface area contributed by atoms with E-state index in [1.807, 2.05) is 13.8 Å². The number of carbonyl (C=O) groups excluding carboxylic acids is 1. The van der Waals surface area contributed by atoms with Gasteiger partial charge in [0.2, 0.25) is 0 Å². The van der Waals surface area contributed by atoms with Gasteiger partial charge in [-0.25, -0.2) is 8.42 Å². The molecule has 17 heavy (non-hydrogen) atoms. The number of furan rings is 1. The highest BCUT2D eigenvalue weighted by Gasteiger charge is 2.23. The van der Waals surface area contributed by atoms with E-state index in [1.165, 1.54) is 0 Å². The van der Waals surface area contributed by atoms with E-state index in [2.05, 4.69) is 21.2 Å². The van der Waals surface area contributed by atoms with Crippen molar-refractivity contribution in [3.8, 4) is 0 Å². The van der Waals surface area contributed by atoms with E-state index in [9.17, 15) is 13.2 Å². The van der Waals surface area contributed by atoms with Crippen LogP contribution >= 0.6 is 26.6 Å². The van der Waals surface area contributed by atoms with Crippen LogP contribution in [-0.2, 0) is 9.05 Å². The van der Waals surface area contributed by atoms with E-state index >= 15 is 0 Å². The summed E-state index contributed by atoms with van der Waals surface area (Å²) in [4.78, 5) is 11.3. The Bertz CT molecular complexity index is 523. The lowest BCUT2D eigenvalue weighted by molar-refractivity contribution is 0.0920. The number of hydrogen-bond acceptors (Lipinski definition) is 4. The van der Waals surface area contributed by atoms with Crippen LogP contribution in [0.5, 0.6) is 0 Å². The second-order valence-corrected chi connectivity index (χ2v) is 7.04. The van der Waals surface area contributed by atoms with Crippen LogP contribution in [-0.4, -0.2) is 20.9 Å². The minimum Gasteiger partial charge on any atom is -0.443 e. The highest BCUT2D eigenvalue weighted by Crippen LogP contribution is 2.28. The fraction of sp³-hybridized carbons (Fsp3) is 0.444. The van der Waals surface area contributed by atoms with Crippen molar-refractivity contribution in [2.24, 2.45) is 5.92 Å². The zero-order chi connectivity index (χ0) is 13.2. The third-order valence-electron chi connectivity index (χ3n) is 1.81. The summed E-state index contributed by atoms with van der Waals surface area (Å²) in [5.74, 6) is -0.295. The van der Waals surface area contributed by atoms with Crippen LogP contribution in [0, 0.1) is 5.92 Å². The van der Waals surface area contributed by atoms with Crippen molar-refractivity contribution < 1.29 is 17.6 Å². The van der Waals surface area contributed by atoms with Crippen LogP contribution in [0.1, 0.15) is 24.4 Å². The maximum Gasteiger partial charge on any atom is 0.287 e. The summed E-state index contributed by atoms with van der Waals surface area (Å²) in [5.41, 5.74) is 0. The van der Waals surface area contributed by atoms with Crippen LogP contribution in [0.25, 0.3) is 0 Å². The molecule has 0 aliphatic rings. The van der Waals surface area contributed by atoms with E-state index in [0.717, 1.165) is 6.07 Å². The van der Waals surface area contributed by atoms with Gasteiger partial charge in [0, 0.05) is 23.3 Å². The maximum atomic E-state index is 11.6. The minimum atomic E-state index is -3.93. The lowest BCUT2D eigenvalue weighted by atomic mass is 10.2. The predicted molar refractivity (Wildman–Crippen MR) is 66.6 cm³/mol. The molecule has 0 atom stereocenters. The fourth-order valence-electron chi connectivity index (χ4n) is 1.01. The molecule has 0 radical (unpaired) electrons. The van der Waals surface area contributed by atoms with Gasteiger partial charge in [-0.15, -0.1) is 0 Å². The van der Waals surface area contributed by atoms with Gasteiger partial charge < -0.3 is 9.73 Å². The number of carbonyl (C=O) groups is 1. The van der Waals surface area contributed by atoms with Gasteiger partial charge in [-0.1, -0.05) is 13.8 Å². The second-order valence-electron chi connectivity index (χ2n) is 3.79. The molecular formula is C9H11BrClNO4S. The number of amides is 1. The number of rotatable bonds is 4. The van der Waals surface area contributed by atoms with Crippen molar-refractivity contribution >= 4 is 41.6 Å². The number of nitrogens with one attached hydrogen (secondary N) is 1. The van der Waals surface area contributed by atoms with Crippen molar-refractivity contribution in [2.75, 3.05) is 6.54 Å². The summed E-state index contributed by atoms with van der Waals surface area (Å²) in [6.07, 6.45) is 0. The molecule has 0 unspecified atom stereocenters. The van der Waals surface area contributed by atoms with Crippen LogP contribution in [0.4, 0.5) is 0 Å². The molecule has 0 spiro atoms. The van der Waals surface area contributed by atoms with Crippen LogP contribution in [0.15, 0.2) is 20.0 Å². The van der Waals surface area contributed by atoms with Gasteiger partial charge in [-0.05, 0) is 21.8 Å². The molecule has 5 nitrogen and oxygen atoms in total. The first-order valence-corrected chi connectivity index (χ1v) is 7.84. The Morgan fingerprint density at radius 3 is 2.59 bits per heavy atom. The highest BCUT2D eigenvalue weighted by atomic mass is 79.9. The molecule has 0 saturated heterocycles. The summed E-state index contributed by atoms with van der Waals surface area (Å²) < 4.78 is 27.1. The summed E-state index contributed by atoms with van der Waals surface area (Å²) in [7, 11) is 1.23. The Morgan fingerprint density at radius 1 is 1.59 bits per heavy atom. The van der Waals surface area contributed by atoms with Gasteiger partial charge in [-0.2, -0.15) is 0 Å². The van der Waals surface area contributed by atoms with Crippen LogP contribution in [0.3, 0.4) is 0 Å². The summed E-state index contributed by atoms with van der Waals surface area (Å²) in [6, 6.07) is 1.09. The van der Waals surface area contributed by atoms with Gasteiger partial charge in [0.05, 0.1) is 0 Å². The van der Waals surface area contributed by atoms with Gasteiger partial charge in [0.15, 0.2) is 10.4 Å². The SMILES string of the molecule is CC(C)CNC(=O)c1cc(S(=O)(=O)Cl)c(Br)o1. The average molecular weight is 345 g/mol. The topological polar surface area (TPSA) is 76.4 Å². The molecule has 0 aromatic carbocycles. The third kappa shape index (κ3) is 4.01. The highest BCUT2D eigenvalue weighted by molar-refractivity contribution is 9.10. The Labute approximate surface area is 112 Å². The van der Waals surface area contributed by atoms with Crippen molar-refractivity contribution in [3.63, 3.8) is 0 Å². The molecule has 1 aromatic rings. The van der Waals surface area contributed by atoms with Gasteiger partial charge in [-0.3, -0.25) is 4.79 Å². The lowest BCUT2D eigenvalue weighted by Crippen LogP contribution is -2.26. The van der Waals surface area contributed by atoms with Gasteiger partial charge >= 0.3 is 0 Å². The normalized spacial score (nSPS) is 11.8. The zero-order valence-corrected chi connectivity index (χ0v) is 12.3. The Morgan fingerprint density at radius 2 is 2.18 bits per heavy atom. The molecule has 96 valence electrons. The molecule has 1 heterocycles. The summed E-state index contributed by atoms with van der Waals surface area (Å²) >= 11 is 2.89. The fourth-order valence-corrected chi connectivity index (χ4v) is 3.05. The molecule has 0 aliphatic heterocycles. The lowest BCUT2D eigenvalue weighted by Gasteiger charge is -2.04. The number of halogens is 2. The predicted octanol–water partition coefficient (Wildman–Crippen LogP) is 2.36. The van der Waals surface area contributed by atoms with Crippen molar-refractivity contribution in [1.82, 2.24) is 5.32 Å². The van der Waals surface area contributed by atoms with E-state index in [4.69, 9.17) is 15.1 Å². The molecule has 0 fully saturated rings. The molecule has 8 heteroatoms. The van der Waals surface area contributed by atoms with Gasteiger partial charge in [0.25, 0.3) is 15.0 Å². The standard InChI is InChI=1S/C9H11BrClNO4S/c1-5(2)4-12-9(13)6-3-7(8(10)16-6)17(11,14)15/h3,5H,4H2,1-2H3,(H,12,13). The van der Waals surface area contributed by atoms with E-state index in [1.54, 1.807) is 0 Å². The quantitative estimate of drug-likeness (QED) is 0.851. The maximum absolute atomic E-state index is 11.6. The Kier molecular flexibility index (Phi) is 4.62. The molecule has 0 bridgehead atoms. The van der Waals surface area contributed by atoms with E-state index < -0.39 is 15.0 Å². The first-order chi connectivity index (χ1) is 7.71. The van der Waals surface area contributed by atoms with Crippen LogP contribution in [0.2, 0.25) is 0 Å². The monoisotopic (exact) mass is 343 g/mol. The molecule has 1 N–H and O–H groups in total. The Hall–Kier alpha value is -0.530.